The zero-order valence-corrected chi connectivity index (χ0v) is 22.3. The van der Waals surface area contributed by atoms with Gasteiger partial charge in [-0.2, -0.15) is 13.2 Å². The molecule has 0 spiro atoms. The van der Waals surface area contributed by atoms with Crippen LogP contribution in [0.3, 0.4) is 0 Å². The van der Waals surface area contributed by atoms with Crippen molar-refractivity contribution in [1.82, 2.24) is 9.88 Å². The Hall–Kier alpha value is -1.98. The van der Waals surface area contributed by atoms with E-state index in [0.717, 1.165) is 10.6 Å². The normalized spacial score (nSPS) is 23.1. The van der Waals surface area contributed by atoms with Crippen molar-refractivity contribution in [3.63, 3.8) is 0 Å². The molecule has 1 fully saturated rings. The zero-order chi connectivity index (χ0) is 26.3. The molecule has 0 bridgehead atoms. The van der Waals surface area contributed by atoms with Gasteiger partial charge in [-0.05, 0) is 49.3 Å². The van der Waals surface area contributed by atoms with Gasteiger partial charge in [0.2, 0.25) is 5.91 Å². The van der Waals surface area contributed by atoms with E-state index in [4.69, 9.17) is 4.98 Å². The lowest BCUT2D eigenvalue weighted by Crippen LogP contribution is -2.40. The molecule has 6 nitrogen and oxygen atoms in total. The Morgan fingerprint density at radius 2 is 1.81 bits per heavy atom. The molecule has 4 rings (SSSR count). The van der Waals surface area contributed by atoms with Crippen LogP contribution >= 0.6 is 11.3 Å². The van der Waals surface area contributed by atoms with Gasteiger partial charge in [0.25, 0.3) is 0 Å². The summed E-state index contributed by atoms with van der Waals surface area (Å²) in [7, 11) is -3.29. The SMILES string of the molecule is CCS(=O)(=O)c1ccc(CC(=O)Nc2nc3c(s2)CN(C2CCC(C(F)(F)F)CC2)C3C(C)C)cc1. The number of alkyl halides is 3. The van der Waals surface area contributed by atoms with E-state index >= 15 is 0 Å². The van der Waals surface area contributed by atoms with Crippen LogP contribution in [0.2, 0.25) is 0 Å². The number of carbonyl (C=O) groups excluding carboxylic acids is 1. The summed E-state index contributed by atoms with van der Waals surface area (Å²) in [6.07, 6.45) is -2.62. The zero-order valence-electron chi connectivity index (χ0n) is 20.6. The van der Waals surface area contributed by atoms with Gasteiger partial charge in [0.1, 0.15) is 0 Å². The molecule has 2 heterocycles. The van der Waals surface area contributed by atoms with E-state index in [1.807, 2.05) is 0 Å². The lowest BCUT2D eigenvalue weighted by Gasteiger charge is -2.39. The third kappa shape index (κ3) is 5.78. The smallest absolute Gasteiger partial charge is 0.302 e. The quantitative estimate of drug-likeness (QED) is 0.481. The fourth-order valence-electron chi connectivity index (χ4n) is 5.30. The number of hydrogen-bond acceptors (Lipinski definition) is 6. The van der Waals surface area contributed by atoms with Gasteiger partial charge in [0.05, 0.1) is 34.7 Å². The highest BCUT2D eigenvalue weighted by Gasteiger charge is 2.45. The van der Waals surface area contributed by atoms with Gasteiger partial charge < -0.3 is 5.32 Å². The maximum Gasteiger partial charge on any atom is 0.391 e. The van der Waals surface area contributed by atoms with Crippen molar-refractivity contribution in [2.75, 3.05) is 11.1 Å². The third-order valence-corrected chi connectivity index (χ3v) is 9.95. The Bertz CT molecular complexity index is 1190. The summed E-state index contributed by atoms with van der Waals surface area (Å²) in [5.74, 6) is -1.19. The van der Waals surface area contributed by atoms with Gasteiger partial charge in [-0.15, -0.1) is 11.3 Å². The molecule has 2 aromatic rings. The van der Waals surface area contributed by atoms with Gasteiger partial charge >= 0.3 is 6.18 Å². The molecule has 1 aliphatic heterocycles. The van der Waals surface area contributed by atoms with Crippen molar-refractivity contribution in [2.45, 2.75) is 82.6 Å². The summed E-state index contributed by atoms with van der Waals surface area (Å²) in [6, 6.07) is 6.44. The summed E-state index contributed by atoms with van der Waals surface area (Å²) in [6.45, 7) is 6.41. The number of rotatable bonds is 7. The van der Waals surface area contributed by atoms with Crippen molar-refractivity contribution in [1.29, 1.82) is 0 Å². The lowest BCUT2D eigenvalue weighted by molar-refractivity contribution is -0.185. The van der Waals surface area contributed by atoms with E-state index in [9.17, 15) is 26.4 Å². The summed E-state index contributed by atoms with van der Waals surface area (Å²) in [5.41, 5.74) is 1.62. The van der Waals surface area contributed by atoms with E-state index < -0.39 is 21.9 Å². The number of halogens is 3. The van der Waals surface area contributed by atoms with Gasteiger partial charge in [0, 0.05) is 17.5 Å². The Labute approximate surface area is 214 Å². The van der Waals surface area contributed by atoms with E-state index in [0.29, 0.717) is 30.1 Å². The van der Waals surface area contributed by atoms with Crippen molar-refractivity contribution in [3.8, 4) is 0 Å². The minimum atomic E-state index is -4.12. The largest absolute Gasteiger partial charge is 0.391 e. The predicted molar refractivity (Wildman–Crippen MR) is 134 cm³/mol. The number of thiazole rings is 1. The van der Waals surface area contributed by atoms with Crippen LogP contribution in [-0.2, 0) is 27.6 Å². The van der Waals surface area contributed by atoms with Crippen LogP contribution in [0.25, 0.3) is 0 Å². The molecule has 1 aromatic heterocycles. The van der Waals surface area contributed by atoms with Crippen molar-refractivity contribution in [2.24, 2.45) is 11.8 Å². The summed E-state index contributed by atoms with van der Waals surface area (Å²) >= 11 is 1.42. The fraction of sp³-hybridized carbons (Fsp3) is 0.600. The van der Waals surface area contributed by atoms with Crippen molar-refractivity contribution >= 4 is 32.2 Å². The van der Waals surface area contributed by atoms with Gasteiger partial charge in [0.15, 0.2) is 15.0 Å². The molecule has 2 aliphatic rings. The number of nitrogens with zero attached hydrogens (tertiary/aromatic N) is 2. The first-order chi connectivity index (χ1) is 16.9. The van der Waals surface area contributed by atoms with Crippen LogP contribution < -0.4 is 5.32 Å². The average molecular weight is 544 g/mol. The molecule has 1 aliphatic carbocycles. The highest BCUT2D eigenvalue weighted by atomic mass is 32.2. The standard InChI is InChI=1S/C25H32F3N3O3S2/c1-4-36(33,34)19-11-5-16(6-12-19)13-21(32)29-24-30-22-20(35-24)14-31(23(22)15(2)3)18-9-7-17(8-10-18)25(26,27)28/h5-6,11-12,15,17-18,23H,4,7-10,13-14H2,1-3H3,(H,29,30,32). The number of fused-ring (bicyclic) bond motifs is 1. The van der Waals surface area contributed by atoms with Crippen LogP contribution in [0.4, 0.5) is 18.3 Å². The van der Waals surface area contributed by atoms with Crippen LogP contribution in [0.5, 0.6) is 0 Å². The van der Waals surface area contributed by atoms with Crippen molar-refractivity contribution in [3.05, 3.63) is 40.4 Å². The minimum absolute atomic E-state index is 0.0161. The summed E-state index contributed by atoms with van der Waals surface area (Å²) in [4.78, 5) is 20.9. The second-order valence-electron chi connectivity index (χ2n) is 10.0. The van der Waals surface area contributed by atoms with Gasteiger partial charge in [-0.25, -0.2) is 13.4 Å². The first-order valence-electron chi connectivity index (χ1n) is 12.3. The second-order valence-corrected chi connectivity index (χ2v) is 13.4. The van der Waals surface area contributed by atoms with E-state index in [2.05, 4.69) is 24.1 Å². The molecule has 1 unspecified atom stereocenters. The molecule has 0 saturated heterocycles. The summed E-state index contributed by atoms with van der Waals surface area (Å²) < 4.78 is 63.2. The monoisotopic (exact) mass is 543 g/mol. The first kappa shape index (κ1) is 27.1. The molecule has 198 valence electrons. The predicted octanol–water partition coefficient (Wildman–Crippen LogP) is 5.75. The Balaban J connectivity index is 1.39. The number of aromatic nitrogens is 1. The van der Waals surface area contributed by atoms with Crippen LogP contribution in [0.15, 0.2) is 29.2 Å². The number of nitrogens with one attached hydrogen (secondary N) is 1. The molecule has 1 atom stereocenters. The highest BCUT2D eigenvalue weighted by Crippen LogP contribution is 2.47. The average Bonchev–Trinajstić information content (AvgIpc) is 3.36. The molecule has 36 heavy (non-hydrogen) atoms. The third-order valence-electron chi connectivity index (χ3n) is 7.22. The van der Waals surface area contributed by atoms with Gasteiger partial charge in [-0.3, -0.25) is 9.69 Å². The minimum Gasteiger partial charge on any atom is -0.302 e. The fourth-order valence-corrected chi connectivity index (χ4v) is 7.21. The first-order valence-corrected chi connectivity index (χ1v) is 14.8. The van der Waals surface area contributed by atoms with Crippen LogP contribution in [0.1, 0.15) is 68.6 Å². The Morgan fingerprint density at radius 3 is 2.36 bits per heavy atom. The number of sulfone groups is 1. The molecule has 1 amide bonds. The number of anilines is 1. The topological polar surface area (TPSA) is 79.4 Å². The maximum absolute atomic E-state index is 13.1. The van der Waals surface area contributed by atoms with E-state index in [1.54, 1.807) is 19.1 Å². The molecule has 1 saturated carbocycles. The van der Waals surface area contributed by atoms with Crippen molar-refractivity contribution < 1.29 is 26.4 Å². The highest BCUT2D eigenvalue weighted by molar-refractivity contribution is 7.91. The number of hydrogen-bond donors (Lipinski definition) is 1. The Morgan fingerprint density at radius 1 is 1.17 bits per heavy atom. The van der Waals surface area contributed by atoms with Crippen LogP contribution in [-0.4, -0.2) is 42.2 Å². The Kier molecular flexibility index (Phi) is 7.83. The lowest BCUT2D eigenvalue weighted by atomic mass is 9.84. The molecule has 1 N–H and O–H groups in total. The van der Waals surface area contributed by atoms with Gasteiger partial charge in [-0.1, -0.05) is 32.9 Å². The van der Waals surface area contributed by atoms with E-state index in [-0.39, 0.29) is 53.8 Å². The maximum atomic E-state index is 13.1. The molecule has 1 aromatic carbocycles. The number of benzene rings is 1. The number of carbonyl (C=O) groups is 1. The molecule has 11 heteroatoms. The van der Waals surface area contributed by atoms with Crippen LogP contribution in [0, 0.1) is 11.8 Å². The molecular weight excluding hydrogens is 511 g/mol. The second kappa shape index (κ2) is 10.4. The number of amides is 1. The molecule has 0 radical (unpaired) electrons. The summed E-state index contributed by atoms with van der Waals surface area (Å²) in [5, 5.41) is 3.37. The van der Waals surface area contributed by atoms with E-state index in [1.165, 1.54) is 23.5 Å². The molecular formula is C25H32F3N3O3S2.